The molecule has 0 bridgehead atoms. The largest absolute Gasteiger partial charge is 0.378 e. The van der Waals surface area contributed by atoms with Gasteiger partial charge in [-0.3, -0.25) is 4.57 Å². The molecule has 3 nitrogen and oxygen atoms in total. The summed E-state index contributed by atoms with van der Waals surface area (Å²) in [7, 11) is -2.91. The highest BCUT2D eigenvalue weighted by molar-refractivity contribution is 7.38. The van der Waals surface area contributed by atoms with E-state index in [9.17, 15) is 4.57 Å². The Morgan fingerprint density at radius 2 is 1.83 bits per heavy atom. The molecule has 0 spiro atoms. The standard InChI is InChI=1S/C7H8ClO3P/c8-6-3-1-5(2-4-6)7(9)12(10)11/h1-4,7,9,12H,(H,10,11). The Balaban J connectivity index is 2.89. The highest BCUT2D eigenvalue weighted by Gasteiger charge is 2.11. The summed E-state index contributed by atoms with van der Waals surface area (Å²) in [6.07, 6.45) is 0. The lowest BCUT2D eigenvalue weighted by molar-refractivity contribution is 0.243. The number of aliphatic hydroxyl groups excluding tert-OH is 1. The van der Waals surface area contributed by atoms with Crippen LogP contribution in [-0.4, -0.2) is 10.00 Å². The quantitative estimate of drug-likeness (QED) is 0.726. The molecule has 0 radical (unpaired) electrons. The van der Waals surface area contributed by atoms with E-state index in [0.717, 1.165) is 0 Å². The van der Waals surface area contributed by atoms with Gasteiger partial charge in [-0.2, -0.15) is 0 Å². The molecule has 12 heavy (non-hydrogen) atoms. The minimum atomic E-state index is -2.91. The first-order chi connectivity index (χ1) is 5.61. The van der Waals surface area contributed by atoms with Crippen molar-refractivity contribution in [1.29, 1.82) is 0 Å². The fourth-order valence-corrected chi connectivity index (χ4v) is 1.39. The topological polar surface area (TPSA) is 57.5 Å². The van der Waals surface area contributed by atoms with E-state index in [1.807, 2.05) is 0 Å². The second-order valence-electron chi connectivity index (χ2n) is 2.29. The van der Waals surface area contributed by atoms with Crippen molar-refractivity contribution in [3.05, 3.63) is 34.9 Å². The Morgan fingerprint density at radius 3 is 2.25 bits per heavy atom. The van der Waals surface area contributed by atoms with E-state index in [-0.39, 0.29) is 0 Å². The zero-order valence-electron chi connectivity index (χ0n) is 6.07. The third kappa shape index (κ3) is 2.32. The van der Waals surface area contributed by atoms with E-state index in [1.165, 1.54) is 12.1 Å². The molecule has 1 aromatic carbocycles. The van der Waals surface area contributed by atoms with Crippen molar-refractivity contribution in [1.82, 2.24) is 0 Å². The molecule has 0 aromatic heterocycles. The normalized spacial score (nSPS) is 15.6. The monoisotopic (exact) mass is 206 g/mol. The number of benzene rings is 1. The van der Waals surface area contributed by atoms with Crippen molar-refractivity contribution >= 4 is 19.6 Å². The maximum atomic E-state index is 10.5. The molecule has 0 amide bonds. The van der Waals surface area contributed by atoms with Crippen molar-refractivity contribution < 1.29 is 14.6 Å². The highest BCUT2D eigenvalue weighted by Crippen LogP contribution is 2.34. The van der Waals surface area contributed by atoms with Crippen LogP contribution < -0.4 is 0 Å². The second-order valence-corrected chi connectivity index (χ2v) is 3.95. The Bertz CT molecular complexity index is 285. The highest BCUT2D eigenvalue weighted by atomic mass is 35.5. The first kappa shape index (κ1) is 9.75. The predicted octanol–water partition coefficient (Wildman–Crippen LogP) is 1.80. The van der Waals surface area contributed by atoms with Gasteiger partial charge in [-0.15, -0.1) is 0 Å². The fraction of sp³-hybridized carbons (Fsp3) is 0.143. The van der Waals surface area contributed by atoms with Crippen LogP contribution in [0, 0.1) is 0 Å². The third-order valence-electron chi connectivity index (χ3n) is 1.42. The van der Waals surface area contributed by atoms with Gasteiger partial charge in [-0.25, -0.2) is 0 Å². The molecule has 1 rings (SSSR count). The molecular weight excluding hydrogens is 199 g/mol. The number of hydrogen-bond acceptors (Lipinski definition) is 2. The van der Waals surface area contributed by atoms with E-state index in [1.54, 1.807) is 12.1 Å². The van der Waals surface area contributed by atoms with Gasteiger partial charge in [-0.1, -0.05) is 23.7 Å². The smallest absolute Gasteiger partial charge is 0.221 e. The number of halogens is 1. The summed E-state index contributed by atoms with van der Waals surface area (Å²) in [6.45, 7) is 0. The van der Waals surface area contributed by atoms with Gasteiger partial charge in [0.25, 0.3) is 0 Å². The molecule has 0 fully saturated rings. The maximum Gasteiger partial charge on any atom is 0.221 e. The zero-order chi connectivity index (χ0) is 9.14. The minimum absolute atomic E-state index is 0.408. The van der Waals surface area contributed by atoms with Crippen molar-refractivity contribution in [2.75, 3.05) is 0 Å². The number of aliphatic hydroxyl groups is 1. The third-order valence-corrected chi connectivity index (χ3v) is 2.47. The van der Waals surface area contributed by atoms with E-state index in [4.69, 9.17) is 21.6 Å². The summed E-state index contributed by atoms with van der Waals surface area (Å²) in [6, 6.07) is 6.16. The van der Waals surface area contributed by atoms with Gasteiger partial charge in [0.1, 0.15) is 0 Å². The Labute approximate surface area is 75.5 Å². The van der Waals surface area contributed by atoms with Crippen molar-refractivity contribution in [3.63, 3.8) is 0 Å². The predicted molar refractivity (Wildman–Crippen MR) is 47.6 cm³/mol. The van der Waals surface area contributed by atoms with E-state index < -0.39 is 13.9 Å². The first-order valence-electron chi connectivity index (χ1n) is 3.27. The van der Waals surface area contributed by atoms with Gasteiger partial charge in [0.05, 0.1) is 0 Å². The summed E-state index contributed by atoms with van der Waals surface area (Å²) in [4.78, 5) is 8.61. The molecule has 0 aliphatic rings. The molecule has 0 aliphatic heterocycles. The van der Waals surface area contributed by atoms with Gasteiger partial charge in [-0.05, 0) is 17.7 Å². The molecule has 0 saturated carbocycles. The molecule has 1 aromatic rings. The molecule has 2 N–H and O–H groups in total. The van der Waals surface area contributed by atoms with Gasteiger partial charge >= 0.3 is 0 Å². The van der Waals surface area contributed by atoms with Crippen LogP contribution in [0.4, 0.5) is 0 Å². The Kier molecular flexibility index (Phi) is 3.29. The molecule has 0 heterocycles. The summed E-state index contributed by atoms with van der Waals surface area (Å²) in [5, 5.41) is 9.66. The van der Waals surface area contributed by atoms with Crippen LogP contribution in [0.15, 0.2) is 24.3 Å². The van der Waals surface area contributed by atoms with Gasteiger partial charge in [0, 0.05) is 5.02 Å². The van der Waals surface area contributed by atoms with Crippen molar-refractivity contribution in [3.8, 4) is 0 Å². The molecule has 0 saturated heterocycles. The lowest BCUT2D eigenvalue weighted by Gasteiger charge is -2.05. The fourth-order valence-electron chi connectivity index (χ4n) is 0.788. The summed E-state index contributed by atoms with van der Waals surface area (Å²) in [5.41, 5.74) is 0.408. The van der Waals surface area contributed by atoms with E-state index in [0.29, 0.717) is 10.6 Å². The van der Waals surface area contributed by atoms with Crippen LogP contribution in [-0.2, 0) is 4.57 Å². The molecule has 66 valence electrons. The number of hydrogen-bond donors (Lipinski definition) is 2. The van der Waals surface area contributed by atoms with Crippen LogP contribution >= 0.6 is 19.6 Å². The van der Waals surface area contributed by atoms with Crippen LogP contribution in [0.25, 0.3) is 0 Å². The average Bonchev–Trinajstić information content (AvgIpc) is 2.04. The van der Waals surface area contributed by atoms with E-state index in [2.05, 4.69) is 0 Å². The minimum Gasteiger partial charge on any atom is -0.378 e. The first-order valence-corrected chi connectivity index (χ1v) is 5.08. The lowest BCUT2D eigenvalue weighted by atomic mass is 10.2. The molecule has 2 atom stereocenters. The summed E-state index contributed by atoms with van der Waals surface area (Å²) < 4.78 is 10.5. The van der Waals surface area contributed by atoms with Crippen molar-refractivity contribution in [2.24, 2.45) is 0 Å². The van der Waals surface area contributed by atoms with Gasteiger partial charge in [0.15, 0.2) is 5.85 Å². The average molecular weight is 207 g/mol. The molecule has 2 unspecified atom stereocenters. The maximum absolute atomic E-state index is 10.5. The molecular formula is C7H8ClO3P. The van der Waals surface area contributed by atoms with Crippen LogP contribution in [0.5, 0.6) is 0 Å². The number of rotatable bonds is 2. The Hall–Kier alpha value is -0.340. The van der Waals surface area contributed by atoms with Gasteiger partial charge in [0.2, 0.25) is 8.03 Å². The van der Waals surface area contributed by atoms with Crippen LogP contribution in [0.3, 0.4) is 0 Å². The lowest BCUT2D eigenvalue weighted by Crippen LogP contribution is -1.90. The molecule has 5 heteroatoms. The van der Waals surface area contributed by atoms with Crippen LogP contribution in [0.2, 0.25) is 5.02 Å². The summed E-state index contributed by atoms with van der Waals surface area (Å²) >= 11 is 5.58. The van der Waals surface area contributed by atoms with Crippen LogP contribution in [0.1, 0.15) is 11.4 Å². The van der Waals surface area contributed by atoms with E-state index >= 15 is 0 Å². The van der Waals surface area contributed by atoms with Gasteiger partial charge < -0.3 is 10.00 Å². The Morgan fingerprint density at radius 1 is 1.33 bits per heavy atom. The summed E-state index contributed by atoms with van der Waals surface area (Å²) in [5.74, 6) is -1.28. The second kappa shape index (κ2) is 4.06. The van der Waals surface area contributed by atoms with Crippen molar-refractivity contribution in [2.45, 2.75) is 5.85 Å². The zero-order valence-corrected chi connectivity index (χ0v) is 7.82. The molecule has 0 aliphatic carbocycles. The SMILES string of the molecule is O=[PH](O)C(O)c1ccc(Cl)cc1.